The van der Waals surface area contributed by atoms with Gasteiger partial charge in [0.15, 0.2) is 0 Å². The van der Waals surface area contributed by atoms with Crippen LogP contribution in [0, 0.1) is 10.1 Å². The van der Waals surface area contributed by atoms with E-state index in [9.17, 15) is 14.9 Å². The summed E-state index contributed by atoms with van der Waals surface area (Å²) in [7, 11) is 0. The highest BCUT2D eigenvalue weighted by molar-refractivity contribution is 6.43. The van der Waals surface area contributed by atoms with Crippen LogP contribution in [0.15, 0.2) is 12.1 Å². The topological polar surface area (TPSA) is 80.4 Å². The molecule has 0 aliphatic carbocycles. The SMILES string of the molecule is O=C(O)c1cc(Cl)c(Cl)c([N+](=O)[O-])c1. The number of carboxylic acid groups (broad SMARTS) is 1. The molecule has 74 valence electrons. The van der Waals surface area contributed by atoms with Crippen molar-refractivity contribution in [2.24, 2.45) is 0 Å². The second-order valence-corrected chi connectivity index (χ2v) is 3.14. The Morgan fingerprint density at radius 2 is 2.00 bits per heavy atom. The van der Waals surface area contributed by atoms with Gasteiger partial charge in [0, 0.05) is 6.07 Å². The summed E-state index contributed by atoms with van der Waals surface area (Å²) in [5.41, 5.74) is -0.789. The average molecular weight is 236 g/mol. The Morgan fingerprint density at radius 3 is 2.43 bits per heavy atom. The Labute approximate surface area is 88.0 Å². The van der Waals surface area contributed by atoms with Crippen LogP contribution in [-0.2, 0) is 0 Å². The Hall–Kier alpha value is -1.33. The molecular formula is C7H3Cl2NO4. The van der Waals surface area contributed by atoms with E-state index in [1.807, 2.05) is 0 Å². The van der Waals surface area contributed by atoms with Gasteiger partial charge in [-0.3, -0.25) is 10.1 Å². The molecule has 0 fully saturated rings. The molecule has 0 saturated heterocycles. The van der Waals surface area contributed by atoms with Gasteiger partial charge < -0.3 is 5.11 Å². The van der Waals surface area contributed by atoms with Crippen LogP contribution >= 0.6 is 23.2 Å². The summed E-state index contributed by atoms with van der Waals surface area (Å²) in [5, 5.41) is 18.6. The van der Waals surface area contributed by atoms with Crippen LogP contribution < -0.4 is 0 Å². The minimum atomic E-state index is -1.30. The number of halogens is 2. The molecule has 7 heteroatoms. The normalized spacial score (nSPS) is 9.86. The molecule has 0 heterocycles. The number of hydrogen-bond donors (Lipinski definition) is 1. The molecule has 0 unspecified atom stereocenters. The number of nitrogens with zero attached hydrogens (tertiary/aromatic N) is 1. The van der Waals surface area contributed by atoms with Crippen molar-refractivity contribution in [2.45, 2.75) is 0 Å². The number of rotatable bonds is 2. The van der Waals surface area contributed by atoms with E-state index in [0.717, 1.165) is 12.1 Å². The fourth-order valence-corrected chi connectivity index (χ4v) is 1.22. The van der Waals surface area contributed by atoms with Crippen molar-refractivity contribution < 1.29 is 14.8 Å². The largest absolute Gasteiger partial charge is 0.478 e. The zero-order valence-corrected chi connectivity index (χ0v) is 8.04. The first-order valence-corrected chi connectivity index (χ1v) is 4.06. The van der Waals surface area contributed by atoms with Gasteiger partial charge in [-0.15, -0.1) is 0 Å². The number of aromatic carboxylic acids is 1. The zero-order chi connectivity index (χ0) is 10.9. The second-order valence-electron chi connectivity index (χ2n) is 2.35. The van der Waals surface area contributed by atoms with Crippen LogP contribution in [-0.4, -0.2) is 16.0 Å². The first kappa shape index (κ1) is 10.7. The first-order chi connectivity index (χ1) is 6.43. The fraction of sp³-hybridized carbons (Fsp3) is 0. The van der Waals surface area contributed by atoms with Crippen LogP contribution in [0.1, 0.15) is 10.4 Å². The van der Waals surface area contributed by atoms with E-state index in [1.165, 1.54) is 0 Å². The van der Waals surface area contributed by atoms with Crippen molar-refractivity contribution in [1.29, 1.82) is 0 Å². The molecule has 0 aromatic heterocycles. The van der Waals surface area contributed by atoms with Gasteiger partial charge >= 0.3 is 5.97 Å². The van der Waals surface area contributed by atoms with Crippen molar-refractivity contribution in [3.05, 3.63) is 37.9 Å². The molecule has 0 radical (unpaired) electrons. The summed E-state index contributed by atoms with van der Waals surface area (Å²) in [5.74, 6) is -1.30. The minimum Gasteiger partial charge on any atom is -0.478 e. The van der Waals surface area contributed by atoms with Crippen molar-refractivity contribution in [3.8, 4) is 0 Å². The maximum absolute atomic E-state index is 10.5. The Morgan fingerprint density at radius 1 is 1.43 bits per heavy atom. The van der Waals surface area contributed by atoms with Crippen LogP contribution in [0.4, 0.5) is 5.69 Å². The summed E-state index contributed by atoms with van der Waals surface area (Å²) in [4.78, 5) is 20.1. The van der Waals surface area contributed by atoms with Gasteiger partial charge in [0.05, 0.1) is 15.5 Å². The van der Waals surface area contributed by atoms with Crippen LogP contribution in [0.3, 0.4) is 0 Å². The summed E-state index contributed by atoms with van der Waals surface area (Å²) in [6.07, 6.45) is 0. The molecule has 0 saturated carbocycles. The predicted octanol–water partition coefficient (Wildman–Crippen LogP) is 2.60. The average Bonchev–Trinajstić information content (AvgIpc) is 2.08. The monoisotopic (exact) mass is 235 g/mol. The lowest BCUT2D eigenvalue weighted by Crippen LogP contribution is -1.99. The number of benzene rings is 1. The standard InChI is InChI=1S/C7H3Cl2NO4/c8-4-1-3(7(11)12)2-5(6(4)9)10(13)14/h1-2H,(H,11,12). The van der Waals surface area contributed by atoms with Crippen molar-refractivity contribution in [2.75, 3.05) is 0 Å². The van der Waals surface area contributed by atoms with Gasteiger partial charge in [-0.2, -0.15) is 0 Å². The number of carboxylic acids is 1. The molecule has 1 N–H and O–H groups in total. The van der Waals surface area contributed by atoms with Crippen molar-refractivity contribution in [1.82, 2.24) is 0 Å². The van der Waals surface area contributed by atoms with E-state index < -0.39 is 16.6 Å². The van der Waals surface area contributed by atoms with Crippen molar-refractivity contribution >= 4 is 34.9 Å². The number of nitro benzene ring substituents is 1. The quantitative estimate of drug-likeness (QED) is 0.631. The molecule has 0 atom stereocenters. The molecule has 1 rings (SSSR count). The maximum Gasteiger partial charge on any atom is 0.335 e. The maximum atomic E-state index is 10.5. The molecule has 0 aliphatic rings. The molecule has 0 aliphatic heterocycles. The number of nitro groups is 1. The fourth-order valence-electron chi connectivity index (χ4n) is 0.831. The van der Waals surface area contributed by atoms with E-state index in [4.69, 9.17) is 28.3 Å². The second kappa shape index (κ2) is 3.81. The summed E-state index contributed by atoms with van der Waals surface area (Å²) >= 11 is 11.0. The van der Waals surface area contributed by atoms with Gasteiger partial charge in [0.2, 0.25) is 0 Å². The van der Waals surface area contributed by atoms with Crippen LogP contribution in [0.25, 0.3) is 0 Å². The van der Waals surface area contributed by atoms with E-state index in [0.29, 0.717) is 0 Å². The molecule has 0 bridgehead atoms. The number of carbonyl (C=O) groups is 1. The van der Waals surface area contributed by atoms with Gasteiger partial charge in [0.1, 0.15) is 5.02 Å². The molecular weight excluding hydrogens is 233 g/mol. The lowest BCUT2D eigenvalue weighted by atomic mass is 10.2. The smallest absolute Gasteiger partial charge is 0.335 e. The lowest BCUT2D eigenvalue weighted by molar-refractivity contribution is -0.384. The van der Waals surface area contributed by atoms with Gasteiger partial charge in [-0.25, -0.2) is 4.79 Å². The Balaban J connectivity index is 3.43. The van der Waals surface area contributed by atoms with Crippen LogP contribution in [0.5, 0.6) is 0 Å². The Bertz CT molecular complexity index is 418. The molecule has 5 nitrogen and oxygen atoms in total. The van der Waals surface area contributed by atoms with E-state index in [2.05, 4.69) is 0 Å². The predicted molar refractivity (Wildman–Crippen MR) is 50.1 cm³/mol. The van der Waals surface area contributed by atoms with Crippen molar-refractivity contribution in [3.63, 3.8) is 0 Å². The minimum absolute atomic E-state index is 0.154. The van der Waals surface area contributed by atoms with Gasteiger partial charge in [0.25, 0.3) is 5.69 Å². The van der Waals surface area contributed by atoms with Gasteiger partial charge in [-0.05, 0) is 6.07 Å². The summed E-state index contributed by atoms with van der Waals surface area (Å²) in [6, 6.07) is 1.91. The third-order valence-corrected chi connectivity index (χ3v) is 2.24. The lowest BCUT2D eigenvalue weighted by Gasteiger charge is -1.99. The zero-order valence-electron chi connectivity index (χ0n) is 6.53. The third kappa shape index (κ3) is 1.94. The summed E-state index contributed by atoms with van der Waals surface area (Å²) < 4.78 is 0. The third-order valence-electron chi connectivity index (χ3n) is 1.45. The highest BCUT2D eigenvalue weighted by atomic mass is 35.5. The first-order valence-electron chi connectivity index (χ1n) is 3.30. The van der Waals surface area contributed by atoms with E-state index in [1.54, 1.807) is 0 Å². The van der Waals surface area contributed by atoms with Gasteiger partial charge in [-0.1, -0.05) is 23.2 Å². The van der Waals surface area contributed by atoms with Crippen LogP contribution in [0.2, 0.25) is 10.0 Å². The number of hydrogen-bond acceptors (Lipinski definition) is 3. The highest BCUT2D eigenvalue weighted by Crippen LogP contribution is 2.32. The van der Waals surface area contributed by atoms with E-state index in [-0.39, 0.29) is 15.6 Å². The molecule has 1 aromatic rings. The molecule has 0 spiro atoms. The van der Waals surface area contributed by atoms with E-state index >= 15 is 0 Å². The molecule has 14 heavy (non-hydrogen) atoms. The molecule has 1 aromatic carbocycles. The Kier molecular flexibility index (Phi) is 2.93. The highest BCUT2D eigenvalue weighted by Gasteiger charge is 2.19. The molecule has 0 amide bonds. The summed E-state index contributed by atoms with van der Waals surface area (Å²) in [6.45, 7) is 0.